The predicted molar refractivity (Wildman–Crippen MR) is 122 cm³/mol. The number of carbonyl (C=O) groups excluding carboxylic acids is 1. The third kappa shape index (κ3) is 4.35. The van der Waals surface area contributed by atoms with Crippen LogP contribution in [0.4, 0.5) is 27.8 Å². The van der Waals surface area contributed by atoms with Crippen LogP contribution in [-0.4, -0.2) is 43.2 Å². The first kappa shape index (κ1) is 19.7. The van der Waals surface area contributed by atoms with Crippen LogP contribution in [0.1, 0.15) is 12.8 Å². The van der Waals surface area contributed by atoms with E-state index >= 15 is 0 Å². The van der Waals surface area contributed by atoms with Crippen molar-refractivity contribution in [1.82, 2.24) is 9.97 Å². The summed E-state index contributed by atoms with van der Waals surface area (Å²) in [4.78, 5) is 25.9. The van der Waals surface area contributed by atoms with Gasteiger partial charge in [-0.05, 0) is 49.2 Å². The summed E-state index contributed by atoms with van der Waals surface area (Å²) in [7, 11) is 4.03. The SMILES string of the molecule is CN(C)c1cccc(-c2ccc3c(n2)N(C(=O)Nc2ccccn2)CCCCN3)c1. The second-order valence-electron chi connectivity index (χ2n) is 7.44. The Hall–Kier alpha value is -3.61. The minimum absolute atomic E-state index is 0.231. The molecule has 7 heteroatoms. The van der Waals surface area contributed by atoms with Gasteiger partial charge in [-0.1, -0.05) is 18.2 Å². The van der Waals surface area contributed by atoms with Gasteiger partial charge < -0.3 is 10.2 Å². The smallest absolute Gasteiger partial charge is 0.328 e. The third-order valence-electron chi connectivity index (χ3n) is 5.06. The summed E-state index contributed by atoms with van der Waals surface area (Å²) in [6.45, 7) is 1.46. The minimum Gasteiger partial charge on any atom is -0.382 e. The molecule has 0 radical (unpaired) electrons. The zero-order valence-corrected chi connectivity index (χ0v) is 17.3. The molecule has 2 N–H and O–H groups in total. The molecular weight excluding hydrogens is 376 g/mol. The number of anilines is 4. The van der Waals surface area contributed by atoms with Gasteiger partial charge in [0.2, 0.25) is 0 Å². The van der Waals surface area contributed by atoms with Crippen molar-refractivity contribution in [2.24, 2.45) is 0 Å². The maximum absolute atomic E-state index is 13.1. The fraction of sp³-hybridized carbons (Fsp3) is 0.261. The molecule has 4 rings (SSSR count). The van der Waals surface area contributed by atoms with Crippen LogP contribution < -0.4 is 20.4 Å². The number of hydrogen-bond donors (Lipinski definition) is 2. The van der Waals surface area contributed by atoms with Gasteiger partial charge in [-0.3, -0.25) is 10.2 Å². The van der Waals surface area contributed by atoms with Crippen molar-refractivity contribution in [3.8, 4) is 11.3 Å². The number of nitrogens with zero attached hydrogens (tertiary/aromatic N) is 4. The van der Waals surface area contributed by atoms with Gasteiger partial charge in [-0.25, -0.2) is 14.8 Å². The lowest BCUT2D eigenvalue weighted by atomic mass is 10.1. The van der Waals surface area contributed by atoms with Gasteiger partial charge in [-0.2, -0.15) is 0 Å². The lowest BCUT2D eigenvalue weighted by Gasteiger charge is -2.27. The van der Waals surface area contributed by atoms with Crippen LogP contribution >= 0.6 is 0 Å². The lowest BCUT2D eigenvalue weighted by molar-refractivity contribution is 0.256. The molecule has 0 bridgehead atoms. The van der Waals surface area contributed by atoms with Crippen LogP contribution in [0.15, 0.2) is 60.8 Å². The first-order chi connectivity index (χ1) is 14.6. The molecule has 0 unspecified atom stereocenters. The number of rotatable bonds is 3. The number of aromatic nitrogens is 2. The van der Waals surface area contributed by atoms with Crippen molar-refractivity contribution in [3.05, 3.63) is 60.8 Å². The molecule has 1 aliphatic heterocycles. The van der Waals surface area contributed by atoms with E-state index in [1.165, 1.54) is 0 Å². The number of hydrogen-bond acceptors (Lipinski definition) is 5. The van der Waals surface area contributed by atoms with Crippen LogP contribution in [0.25, 0.3) is 11.3 Å². The van der Waals surface area contributed by atoms with E-state index in [4.69, 9.17) is 4.98 Å². The van der Waals surface area contributed by atoms with Crippen molar-refractivity contribution in [1.29, 1.82) is 0 Å². The molecule has 1 aliphatic rings. The van der Waals surface area contributed by atoms with Gasteiger partial charge in [0.05, 0.1) is 11.4 Å². The van der Waals surface area contributed by atoms with Crippen molar-refractivity contribution >= 4 is 29.0 Å². The largest absolute Gasteiger partial charge is 0.382 e. The highest BCUT2D eigenvalue weighted by atomic mass is 16.2. The van der Waals surface area contributed by atoms with E-state index in [-0.39, 0.29) is 6.03 Å². The van der Waals surface area contributed by atoms with E-state index < -0.39 is 0 Å². The number of pyridine rings is 2. The first-order valence-corrected chi connectivity index (χ1v) is 10.1. The van der Waals surface area contributed by atoms with Crippen LogP contribution in [0.3, 0.4) is 0 Å². The second kappa shape index (κ2) is 8.82. The molecule has 0 saturated heterocycles. The Morgan fingerprint density at radius 3 is 2.80 bits per heavy atom. The summed E-state index contributed by atoms with van der Waals surface area (Å²) in [5.41, 5.74) is 3.80. The van der Waals surface area contributed by atoms with Gasteiger partial charge >= 0.3 is 6.03 Å². The normalized spacial score (nSPS) is 13.5. The van der Waals surface area contributed by atoms with Crippen LogP contribution in [-0.2, 0) is 0 Å². The van der Waals surface area contributed by atoms with Gasteiger partial charge in [-0.15, -0.1) is 0 Å². The first-order valence-electron chi connectivity index (χ1n) is 10.1. The predicted octanol–water partition coefficient (Wildman–Crippen LogP) is 4.45. The van der Waals surface area contributed by atoms with E-state index in [2.05, 4.69) is 32.7 Å². The molecule has 1 aromatic carbocycles. The molecular formula is C23H26N6O. The average Bonchev–Trinajstić information content (AvgIpc) is 2.75. The van der Waals surface area contributed by atoms with Crippen LogP contribution in [0.2, 0.25) is 0 Å². The zero-order chi connectivity index (χ0) is 20.9. The number of fused-ring (bicyclic) bond motifs is 1. The fourth-order valence-corrected chi connectivity index (χ4v) is 3.43. The topological polar surface area (TPSA) is 73.4 Å². The molecule has 2 aromatic heterocycles. The molecule has 0 atom stereocenters. The Labute approximate surface area is 176 Å². The number of nitrogens with one attached hydrogen (secondary N) is 2. The maximum atomic E-state index is 13.1. The monoisotopic (exact) mass is 402 g/mol. The molecule has 3 aromatic rings. The highest BCUT2D eigenvalue weighted by Crippen LogP contribution is 2.31. The molecule has 0 saturated carbocycles. The van der Waals surface area contributed by atoms with E-state index in [1.807, 2.05) is 50.5 Å². The summed E-state index contributed by atoms with van der Waals surface area (Å²) >= 11 is 0. The van der Waals surface area contributed by atoms with Crippen LogP contribution in [0, 0.1) is 0 Å². The van der Waals surface area contributed by atoms with E-state index in [0.717, 1.165) is 42.0 Å². The summed E-state index contributed by atoms with van der Waals surface area (Å²) in [5, 5.41) is 6.30. The maximum Gasteiger partial charge on any atom is 0.328 e. The molecule has 7 nitrogen and oxygen atoms in total. The Kier molecular flexibility index (Phi) is 5.79. The minimum atomic E-state index is -0.231. The van der Waals surface area contributed by atoms with E-state index in [0.29, 0.717) is 18.2 Å². The number of urea groups is 1. The van der Waals surface area contributed by atoms with Gasteiger partial charge in [0, 0.05) is 44.6 Å². The Morgan fingerprint density at radius 1 is 1.10 bits per heavy atom. The van der Waals surface area contributed by atoms with Gasteiger partial charge in [0.25, 0.3) is 0 Å². The summed E-state index contributed by atoms with van der Waals surface area (Å²) in [6, 6.07) is 17.4. The average molecular weight is 403 g/mol. The zero-order valence-electron chi connectivity index (χ0n) is 17.3. The van der Waals surface area contributed by atoms with Gasteiger partial charge in [0.1, 0.15) is 5.82 Å². The van der Waals surface area contributed by atoms with Crippen molar-refractivity contribution in [2.75, 3.05) is 47.6 Å². The molecule has 0 fully saturated rings. The van der Waals surface area contributed by atoms with Crippen LogP contribution in [0.5, 0.6) is 0 Å². The third-order valence-corrected chi connectivity index (χ3v) is 5.06. The summed E-state index contributed by atoms with van der Waals surface area (Å²) in [5.74, 6) is 1.16. The number of benzene rings is 1. The Bertz CT molecular complexity index is 1020. The van der Waals surface area contributed by atoms with Crippen molar-refractivity contribution < 1.29 is 4.79 Å². The lowest BCUT2D eigenvalue weighted by Crippen LogP contribution is -2.38. The quantitative estimate of drug-likeness (QED) is 0.677. The standard InChI is InChI=1S/C23H26N6O/c1-28(2)18-9-7-8-17(16-18)19-11-12-20-22(26-19)29(15-6-5-13-24-20)23(30)27-21-10-3-4-14-25-21/h3-4,7-12,14,16,24H,5-6,13,15H2,1-2H3,(H,25,27,30). The Balaban J connectivity index is 1.70. The molecule has 154 valence electrons. The second-order valence-corrected chi connectivity index (χ2v) is 7.44. The highest BCUT2D eigenvalue weighted by Gasteiger charge is 2.23. The van der Waals surface area contributed by atoms with E-state index in [9.17, 15) is 4.79 Å². The Morgan fingerprint density at radius 2 is 2.00 bits per heavy atom. The number of amides is 2. The molecule has 30 heavy (non-hydrogen) atoms. The molecule has 0 spiro atoms. The molecule has 2 amide bonds. The van der Waals surface area contributed by atoms with E-state index in [1.54, 1.807) is 17.2 Å². The van der Waals surface area contributed by atoms with Crippen molar-refractivity contribution in [2.45, 2.75) is 12.8 Å². The summed E-state index contributed by atoms with van der Waals surface area (Å²) < 4.78 is 0. The highest BCUT2D eigenvalue weighted by molar-refractivity contribution is 6.02. The molecule has 0 aliphatic carbocycles. The fourth-order valence-electron chi connectivity index (χ4n) is 3.43. The summed E-state index contributed by atoms with van der Waals surface area (Å²) in [6.07, 6.45) is 3.54. The molecule has 3 heterocycles. The van der Waals surface area contributed by atoms with Crippen molar-refractivity contribution in [3.63, 3.8) is 0 Å². The van der Waals surface area contributed by atoms with Gasteiger partial charge in [0.15, 0.2) is 5.82 Å². The number of carbonyl (C=O) groups is 1.